The molecule has 142 valence electrons. The van der Waals surface area contributed by atoms with Crippen LogP contribution in [0.5, 0.6) is 0 Å². The maximum absolute atomic E-state index is 11.9. The molecular formula is C21H29NO4. The van der Waals surface area contributed by atoms with Gasteiger partial charge in [0.25, 0.3) is 0 Å². The molecule has 0 aliphatic heterocycles. The Labute approximate surface area is 155 Å². The Morgan fingerprint density at radius 2 is 1.77 bits per heavy atom. The molecule has 0 heterocycles. The first-order valence-corrected chi connectivity index (χ1v) is 9.20. The first-order chi connectivity index (χ1) is 12.3. The van der Waals surface area contributed by atoms with Crippen molar-refractivity contribution in [3.05, 3.63) is 48.0 Å². The lowest BCUT2D eigenvalue weighted by Gasteiger charge is -2.27. The molecule has 0 atom stereocenters. The first-order valence-electron chi connectivity index (χ1n) is 9.20. The smallest absolute Gasteiger partial charge is 0.407 e. The van der Waals surface area contributed by atoms with Gasteiger partial charge in [0.15, 0.2) is 0 Å². The van der Waals surface area contributed by atoms with Gasteiger partial charge >= 0.3 is 12.1 Å². The van der Waals surface area contributed by atoms with E-state index in [4.69, 9.17) is 9.47 Å². The molecule has 1 amide bonds. The van der Waals surface area contributed by atoms with Crippen molar-refractivity contribution in [2.45, 2.75) is 64.7 Å². The van der Waals surface area contributed by atoms with Gasteiger partial charge in [0, 0.05) is 12.1 Å². The third kappa shape index (κ3) is 7.72. The maximum atomic E-state index is 11.9. The Balaban J connectivity index is 1.66. The van der Waals surface area contributed by atoms with E-state index in [1.54, 1.807) is 0 Å². The molecule has 0 bridgehead atoms. The molecule has 1 aliphatic rings. The maximum Gasteiger partial charge on any atom is 0.407 e. The molecule has 0 spiro atoms. The Hall–Kier alpha value is -2.30. The molecule has 26 heavy (non-hydrogen) atoms. The highest BCUT2D eigenvalue weighted by molar-refractivity contribution is 5.82. The van der Waals surface area contributed by atoms with Crippen LogP contribution in [0.25, 0.3) is 0 Å². The molecule has 0 unspecified atom stereocenters. The number of ether oxygens (including phenoxy) is 2. The lowest BCUT2D eigenvalue weighted by Crippen LogP contribution is -2.37. The van der Waals surface area contributed by atoms with E-state index in [0.717, 1.165) is 31.2 Å². The van der Waals surface area contributed by atoms with Crippen LogP contribution in [-0.2, 0) is 20.9 Å². The number of allylic oxidation sites excluding steroid dienone is 1. The van der Waals surface area contributed by atoms with Crippen molar-refractivity contribution in [3.8, 4) is 0 Å². The van der Waals surface area contributed by atoms with Crippen molar-refractivity contribution >= 4 is 12.1 Å². The van der Waals surface area contributed by atoms with Crippen molar-refractivity contribution in [1.29, 1.82) is 0 Å². The molecule has 1 aliphatic carbocycles. The number of esters is 1. The lowest BCUT2D eigenvalue weighted by atomic mass is 9.86. The van der Waals surface area contributed by atoms with Gasteiger partial charge in [0.05, 0.1) is 0 Å². The topological polar surface area (TPSA) is 64.6 Å². The van der Waals surface area contributed by atoms with Crippen molar-refractivity contribution in [3.63, 3.8) is 0 Å². The second-order valence-electron chi connectivity index (χ2n) is 7.71. The van der Waals surface area contributed by atoms with Crippen molar-refractivity contribution in [2.75, 3.05) is 0 Å². The number of hydrogen-bond donors (Lipinski definition) is 1. The minimum atomic E-state index is -0.469. The number of carbonyl (C=O) groups is 2. The van der Waals surface area contributed by atoms with Crippen molar-refractivity contribution < 1.29 is 19.1 Å². The quantitative estimate of drug-likeness (QED) is 0.626. The summed E-state index contributed by atoms with van der Waals surface area (Å²) in [5.41, 5.74) is 0.502. The summed E-state index contributed by atoms with van der Waals surface area (Å²) >= 11 is 0. The summed E-state index contributed by atoms with van der Waals surface area (Å²) in [7, 11) is 0. The number of rotatable bonds is 5. The van der Waals surface area contributed by atoms with E-state index in [1.165, 1.54) is 6.08 Å². The fourth-order valence-corrected chi connectivity index (χ4v) is 2.94. The lowest BCUT2D eigenvalue weighted by molar-refractivity contribution is -0.148. The van der Waals surface area contributed by atoms with Crippen LogP contribution in [0.15, 0.2) is 42.5 Å². The zero-order valence-corrected chi connectivity index (χ0v) is 15.9. The monoisotopic (exact) mass is 359 g/mol. The van der Waals surface area contributed by atoms with E-state index in [1.807, 2.05) is 57.2 Å². The van der Waals surface area contributed by atoms with E-state index < -0.39 is 5.60 Å². The molecular weight excluding hydrogens is 330 g/mol. The third-order valence-electron chi connectivity index (χ3n) is 4.22. The Kier molecular flexibility index (Phi) is 7.25. The predicted molar refractivity (Wildman–Crippen MR) is 100 cm³/mol. The number of amides is 1. The summed E-state index contributed by atoms with van der Waals surface area (Å²) in [5, 5.41) is 2.93. The van der Waals surface area contributed by atoms with E-state index >= 15 is 0 Å². The molecule has 1 aromatic carbocycles. The number of nitrogens with one attached hydrogen (secondary N) is 1. The summed E-state index contributed by atoms with van der Waals surface area (Å²) in [5.74, 6) is 0.0446. The zero-order valence-electron chi connectivity index (χ0n) is 15.9. The second-order valence-corrected chi connectivity index (χ2v) is 7.71. The summed E-state index contributed by atoms with van der Waals surface area (Å²) in [4.78, 5) is 23.6. The van der Waals surface area contributed by atoms with Crippen molar-refractivity contribution in [1.82, 2.24) is 5.32 Å². The van der Waals surface area contributed by atoms with Crippen LogP contribution < -0.4 is 5.32 Å². The highest BCUT2D eigenvalue weighted by Crippen LogP contribution is 2.25. The molecule has 5 nitrogen and oxygen atoms in total. The predicted octanol–water partition coefficient (Wildman–Crippen LogP) is 4.37. The number of hydrogen-bond acceptors (Lipinski definition) is 4. The third-order valence-corrected chi connectivity index (χ3v) is 4.22. The van der Waals surface area contributed by atoms with Crippen LogP contribution >= 0.6 is 0 Å². The Morgan fingerprint density at radius 3 is 2.38 bits per heavy atom. The van der Waals surface area contributed by atoms with Gasteiger partial charge in [-0.05, 0) is 57.9 Å². The molecule has 0 aromatic heterocycles. The number of benzene rings is 1. The molecule has 1 saturated carbocycles. The minimum Gasteiger partial charge on any atom is -0.457 e. The largest absolute Gasteiger partial charge is 0.457 e. The van der Waals surface area contributed by atoms with Gasteiger partial charge in [0.1, 0.15) is 12.2 Å². The number of carbonyl (C=O) groups excluding carboxylic acids is 2. The Morgan fingerprint density at radius 1 is 1.12 bits per heavy atom. The van der Waals surface area contributed by atoms with E-state index in [-0.39, 0.29) is 24.7 Å². The fraction of sp³-hybridized carbons (Fsp3) is 0.524. The summed E-state index contributed by atoms with van der Waals surface area (Å²) in [6.07, 6.45) is 6.71. The fourth-order valence-electron chi connectivity index (χ4n) is 2.94. The van der Waals surface area contributed by atoms with Crippen LogP contribution in [0.4, 0.5) is 4.79 Å². The van der Waals surface area contributed by atoms with Gasteiger partial charge < -0.3 is 14.8 Å². The molecule has 1 fully saturated rings. The van der Waals surface area contributed by atoms with Gasteiger partial charge in [-0.15, -0.1) is 0 Å². The molecule has 0 radical (unpaired) electrons. The minimum absolute atomic E-state index is 0.129. The molecule has 5 heteroatoms. The molecule has 1 aromatic rings. The van der Waals surface area contributed by atoms with Gasteiger partial charge in [0.2, 0.25) is 0 Å². The second kappa shape index (κ2) is 9.41. The average molecular weight is 359 g/mol. The first kappa shape index (κ1) is 20.0. The standard InChI is InChI=1S/C21H29NO4/c1-21(2,3)26-19(23)14-11-16-9-12-18(13-10-16)22-20(24)25-15-17-7-5-4-6-8-17/h4-8,11,14,16,18H,9-10,12-13,15H2,1-3H3,(H,22,24)/b14-11+. The highest BCUT2D eigenvalue weighted by atomic mass is 16.6. The van der Waals surface area contributed by atoms with Gasteiger partial charge in [-0.1, -0.05) is 36.4 Å². The summed E-state index contributed by atoms with van der Waals surface area (Å²) in [6, 6.07) is 9.75. The van der Waals surface area contributed by atoms with E-state index in [0.29, 0.717) is 5.92 Å². The molecule has 1 N–H and O–H groups in total. The van der Waals surface area contributed by atoms with Crippen LogP contribution in [0, 0.1) is 5.92 Å². The van der Waals surface area contributed by atoms with Crippen LogP contribution in [0.1, 0.15) is 52.0 Å². The van der Waals surface area contributed by atoms with Crippen molar-refractivity contribution in [2.24, 2.45) is 5.92 Å². The normalized spacial score (nSPS) is 20.6. The van der Waals surface area contributed by atoms with Gasteiger partial charge in [-0.2, -0.15) is 0 Å². The average Bonchev–Trinajstić information content (AvgIpc) is 2.59. The van der Waals surface area contributed by atoms with Crippen LogP contribution in [0.2, 0.25) is 0 Å². The SMILES string of the molecule is CC(C)(C)OC(=O)/C=C/C1CCC(NC(=O)OCc2ccccc2)CC1. The Bertz CT molecular complexity index is 611. The van der Waals surface area contributed by atoms with Crippen LogP contribution in [-0.4, -0.2) is 23.7 Å². The van der Waals surface area contributed by atoms with E-state index in [9.17, 15) is 9.59 Å². The van der Waals surface area contributed by atoms with E-state index in [2.05, 4.69) is 5.32 Å². The van der Waals surface area contributed by atoms with Gasteiger partial charge in [-0.3, -0.25) is 0 Å². The summed E-state index contributed by atoms with van der Waals surface area (Å²) < 4.78 is 10.5. The number of alkyl carbamates (subject to hydrolysis) is 1. The van der Waals surface area contributed by atoms with Crippen LogP contribution in [0.3, 0.4) is 0 Å². The summed E-state index contributed by atoms with van der Waals surface area (Å²) in [6.45, 7) is 5.84. The molecule has 2 rings (SSSR count). The highest BCUT2D eigenvalue weighted by Gasteiger charge is 2.22. The zero-order chi connectivity index (χ0) is 19.0. The van der Waals surface area contributed by atoms with Gasteiger partial charge in [-0.25, -0.2) is 9.59 Å². The molecule has 0 saturated heterocycles.